The number of carbonyl (C=O) groups is 1. The average Bonchev–Trinajstić information content (AvgIpc) is 2.98. The van der Waals surface area contributed by atoms with Gasteiger partial charge in [0.15, 0.2) is 0 Å². The zero-order chi connectivity index (χ0) is 17.7. The maximum atomic E-state index is 12.1. The molecule has 0 aliphatic heterocycles. The number of nitrogens with zero attached hydrogens (tertiary/aromatic N) is 2. The normalized spacial score (nSPS) is 12.4. The number of amides is 1. The lowest BCUT2D eigenvalue weighted by Gasteiger charge is -2.13. The molecule has 0 radical (unpaired) electrons. The highest BCUT2D eigenvalue weighted by molar-refractivity contribution is 5.94. The Hall–Kier alpha value is -1.92. The van der Waals surface area contributed by atoms with E-state index < -0.39 is 0 Å². The van der Waals surface area contributed by atoms with Crippen LogP contribution >= 0.6 is 12.4 Å². The Morgan fingerprint density at radius 2 is 1.88 bits per heavy atom. The summed E-state index contributed by atoms with van der Waals surface area (Å²) < 4.78 is 5.30. The first-order valence-electron chi connectivity index (χ1n) is 8.17. The van der Waals surface area contributed by atoms with Crippen LogP contribution in [-0.2, 0) is 6.42 Å². The number of nitrogens with one attached hydrogen (secondary N) is 2. The summed E-state index contributed by atoms with van der Waals surface area (Å²) >= 11 is 0. The lowest BCUT2D eigenvalue weighted by Crippen LogP contribution is -2.37. The molecule has 2 N–H and O–H groups in total. The fraction of sp³-hybridized carbons (Fsp3) is 0.500. The fourth-order valence-corrected chi connectivity index (χ4v) is 2.12. The highest BCUT2D eigenvalue weighted by Gasteiger charge is 2.17. The quantitative estimate of drug-likeness (QED) is 0.821. The SMILES string of the molecule is CNC(C)CNC(=O)c1ccc(-c2noc(CC(C)(C)C)n2)cc1.Cl. The lowest BCUT2D eigenvalue weighted by molar-refractivity contribution is 0.0950. The highest BCUT2D eigenvalue weighted by Crippen LogP contribution is 2.22. The van der Waals surface area contributed by atoms with Gasteiger partial charge in [-0.1, -0.05) is 38.1 Å². The molecule has 0 fully saturated rings. The van der Waals surface area contributed by atoms with E-state index in [1.54, 1.807) is 12.1 Å². The van der Waals surface area contributed by atoms with Crippen molar-refractivity contribution in [1.29, 1.82) is 0 Å². The summed E-state index contributed by atoms with van der Waals surface area (Å²) in [5, 5.41) is 9.99. The van der Waals surface area contributed by atoms with Crippen LogP contribution in [0.3, 0.4) is 0 Å². The smallest absolute Gasteiger partial charge is 0.251 e. The molecule has 0 bridgehead atoms. The summed E-state index contributed by atoms with van der Waals surface area (Å²) in [4.78, 5) is 16.5. The largest absolute Gasteiger partial charge is 0.350 e. The Bertz CT molecular complexity index is 677. The van der Waals surface area contributed by atoms with E-state index in [2.05, 4.69) is 41.5 Å². The molecule has 2 rings (SSSR count). The molecule has 7 heteroatoms. The molecule has 1 amide bonds. The predicted octanol–water partition coefficient (Wildman–Crippen LogP) is 3.08. The van der Waals surface area contributed by atoms with E-state index in [-0.39, 0.29) is 29.8 Å². The van der Waals surface area contributed by atoms with Crippen molar-refractivity contribution in [2.75, 3.05) is 13.6 Å². The molecular weight excluding hydrogens is 340 g/mol. The summed E-state index contributed by atoms with van der Waals surface area (Å²) in [6.07, 6.45) is 0.726. The van der Waals surface area contributed by atoms with Crippen LogP contribution in [0, 0.1) is 5.41 Å². The topological polar surface area (TPSA) is 80.0 Å². The maximum Gasteiger partial charge on any atom is 0.251 e. The summed E-state index contributed by atoms with van der Waals surface area (Å²) in [5.74, 6) is 1.08. The van der Waals surface area contributed by atoms with Crippen LogP contribution in [0.5, 0.6) is 0 Å². The number of halogens is 1. The molecule has 0 saturated heterocycles. The van der Waals surface area contributed by atoms with Crippen LogP contribution in [0.2, 0.25) is 0 Å². The van der Waals surface area contributed by atoms with E-state index in [0.717, 1.165) is 12.0 Å². The Balaban J connectivity index is 0.00000312. The number of carbonyl (C=O) groups excluding carboxylic acids is 1. The summed E-state index contributed by atoms with van der Waals surface area (Å²) in [6.45, 7) is 8.96. The van der Waals surface area contributed by atoms with E-state index >= 15 is 0 Å². The first kappa shape index (κ1) is 21.1. The number of aromatic nitrogens is 2. The lowest BCUT2D eigenvalue weighted by atomic mass is 9.92. The monoisotopic (exact) mass is 366 g/mol. The van der Waals surface area contributed by atoms with Gasteiger partial charge in [-0.05, 0) is 31.5 Å². The van der Waals surface area contributed by atoms with E-state index in [4.69, 9.17) is 4.52 Å². The van der Waals surface area contributed by atoms with E-state index in [1.807, 2.05) is 26.1 Å². The van der Waals surface area contributed by atoms with Crippen molar-refractivity contribution >= 4 is 18.3 Å². The zero-order valence-electron chi connectivity index (χ0n) is 15.4. The second kappa shape index (κ2) is 8.97. The van der Waals surface area contributed by atoms with Gasteiger partial charge in [0.1, 0.15) is 0 Å². The van der Waals surface area contributed by atoms with Crippen molar-refractivity contribution in [2.45, 2.75) is 40.2 Å². The highest BCUT2D eigenvalue weighted by atomic mass is 35.5. The maximum absolute atomic E-state index is 12.1. The van der Waals surface area contributed by atoms with Crippen molar-refractivity contribution in [1.82, 2.24) is 20.8 Å². The first-order valence-corrected chi connectivity index (χ1v) is 8.17. The average molecular weight is 367 g/mol. The predicted molar refractivity (Wildman–Crippen MR) is 101 cm³/mol. The van der Waals surface area contributed by atoms with Crippen molar-refractivity contribution in [2.24, 2.45) is 5.41 Å². The molecule has 6 nitrogen and oxygen atoms in total. The van der Waals surface area contributed by atoms with Crippen molar-refractivity contribution in [3.63, 3.8) is 0 Å². The molecule has 25 heavy (non-hydrogen) atoms. The van der Waals surface area contributed by atoms with Gasteiger partial charge in [0.25, 0.3) is 5.91 Å². The molecule has 138 valence electrons. The van der Waals surface area contributed by atoms with Crippen LogP contribution in [0.4, 0.5) is 0 Å². The van der Waals surface area contributed by atoms with Crippen molar-refractivity contribution in [3.05, 3.63) is 35.7 Å². The van der Waals surface area contributed by atoms with Gasteiger partial charge in [-0.25, -0.2) is 0 Å². The zero-order valence-corrected chi connectivity index (χ0v) is 16.2. The van der Waals surface area contributed by atoms with Crippen molar-refractivity contribution in [3.8, 4) is 11.4 Å². The van der Waals surface area contributed by atoms with Gasteiger partial charge in [0, 0.05) is 30.1 Å². The molecule has 1 heterocycles. The summed E-state index contributed by atoms with van der Waals surface area (Å²) in [7, 11) is 1.87. The summed E-state index contributed by atoms with van der Waals surface area (Å²) in [5.41, 5.74) is 1.54. The van der Waals surface area contributed by atoms with Crippen molar-refractivity contribution < 1.29 is 9.32 Å². The van der Waals surface area contributed by atoms with Gasteiger partial charge in [0.2, 0.25) is 11.7 Å². The molecule has 2 aromatic rings. The second-order valence-electron chi connectivity index (χ2n) is 7.23. The van der Waals surface area contributed by atoms with Gasteiger partial charge in [-0.15, -0.1) is 12.4 Å². The molecule has 0 aliphatic rings. The van der Waals surface area contributed by atoms with Gasteiger partial charge in [-0.2, -0.15) is 4.98 Å². The first-order chi connectivity index (χ1) is 11.3. The Morgan fingerprint density at radius 3 is 2.44 bits per heavy atom. The number of likely N-dealkylation sites (N-methyl/N-ethyl adjacent to an activating group) is 1. The minimum atomic E-state index is -0.0924. The minimum absolute atomic E-state index is 0. The van der Waals surface area contributed by atoms with E-state index in [9.17, 15) is 4.79 Å². The standard InChI is InChI=1S/C18H26N4O2.ClH/c1-12(19-5)11-20-17(23)14-8-6-13(7-9-14)16-21-15(24-22-16)10-18(2,3)4;/h6-9,12,19H,10-11H2,1-5H3,(H,20,23);1H. The van der Waals surface area contributed by atoms with Gasteiger partial charge in [-0.3, -0.25) is 4.79 Å². The van der Waals surface area contributed by atoms with Crippen LogP contribution < -0.4 is 10.6 Å². The Morgan fingerprint density at radius 1 is 1.24 bits per heavy atom. The van der Waals surface area contributed by atoms with Gasteiger partial charge < -0.3 is 15.2 Å². The minimum Gasteiger partial charge on any atom is -0.350 e. The number of benzene rings is 1. The molecule has 1 unspecified atom stereocenters. The third-order valence-corrected chi connectivity index (χ3v) is 3.62. The second-order valence-corrected chi connectivity index (χ2v) is 7.23. The number of hydrogen-bond donors (Lipinski definition) is 2. The van der Waals surface area contributed by atoms with Crippen LogP contribution in [0.25, 0.3) is 11.4 Å². The van der Waals surface area contributed by atoms with E-state index in [0.29, 0.717) is 23.8 Å². The Labute approximate surface area is 155 Å². The molecule has 0 spiro atoms. The molecular formula is C18H27ClN4O2. The van der Waals surface area contributed by atoms with Gasteiger partial charge in [0.05, 0.1) is 0 Å². The third-order valence-electron chi connectivity index (χ3n) is 3.62. The van der Waals surface area contributed by atoms with E-state index in [1.165, 1.54) is 0 Å². The molecule has 1 atom stereocenters. The summed E-state index contributed by atoms with van der Waals surface area (Å²) in [6, 6.07) is 7.45. The van der Waals surface area contributed by atoms with Gasteiger partial charge >= 0.3 is 0 Å². The third kappa shape index (κ3) is 6.48. The Kier molecular flexibility index (Phi) is 7.58. The molecule has 0 saturated carbocycles. The number of hydrogen-bond acceptors (Lipinski definition) is 5. The fourth-order valence-electron chi connectivity index (χ4n) is 2.12. The number of rotatable bonds is 6. The van der Waals surface area contributed by atoms with Crippen LogP contribution in [-0.4, -0.2) is 35.7 Å². The molecule has 0 aliphatic carbocycles. The molecule has 1 aromatic carbocycles. The van der Waals surface area contributed by atoms with Crippen LogP contribution in [0.15, 0.2) is 28.8 Å². The molecule has 1 aromatic heterocycles. The van der Waals surface area contributed by atoms with Crippen LogP contribution in [0.1, 0.15) is 43.9 Å².